The van der Waals surface area contributed by atoms with Gasteiger partial charge < -0.3 is 10.5 Å². The quantitative estimate of drug-likeness (QED) is 0.938. The largest absolute Gasteiger partial charge is 0.378 e. The summed E-state index contributed by atoms with van der Waals surface area (Å²) in [6.45, 7) is 1.65. The number of anilines is 1. The molecule has 6 heteroatoms. The molecule has 0 bridgehead atoms. The second-order valence-corrected chi connectivity index (χ2v) is 5.33. The van der Waals surface area contributed by atoms with Crippen LogP contribution in [0.5, 0.6) is 0 Å². The van der Waals surface area contributed by atoms with E-state index in [2.05, 4.69) is 9.97 Å². The Hall–Kier alpha value is -1.33. The molecule has 0 amide bonds. The number of nitrogens with two attached hydrogens (primary N) is 1. The average Bonchev–Trinajstić information content (AvgIpc) is 2.72. The second-order valence-electron chi connectivity index (χ2n) is 4.90. The Morgan fingerprint density at radius 2 is 2.37 bits per heavy atom. The molecule has 2 N–H and O–H groups in total. The molecule has 1 aliphatic heterocycles. The maximum absolute atomic E-state index is 5.95. The molecule has 0 radical (unpaired) electrons. The number of fused-ring (bicyclic) bond motifs is 1. The third kappa shape index (κ3) is 2.67. The van der Waals surface area contributed by atoms with Crippen LogP contribution in [0.2, 0.25) is 5.02 Å². The zero-order valence-electron chi connectivity index (χ0n) is 10.7. The molecule has 3 rings (SSSR count). The molecule has 0 saturated carbocycles. The summed E-state index contributed by atoms with van der Waals surface area (Å²) in [5, 5.41) is 0.577. The summed E-state index contributed by atoms with van der Waals surface area (Å²) in [6.07, 6.45) is 6.45. The lowest BCUT2D eigenvalue weighted by Crippen LogP contribution is -2.21. The van der Waals surface area contributed by atoms with E-state index >= 15 is 0 Å². The van der Waals surface area contributed by atoms with Crippen molar-refractivity contribution >= 4 is 28.7 Å². The van der Waals surface area contributed by atoms with Gasteiger partial charge in [0, 0.05) is 19.3 Å². The normalized spacial score (nSPS) is 19.9. The predicted molar refractivity (Wildman–Crippen MR) is 75.2 cm³/mol. The Kier molecular flexibility index (Phi) is 3.57. The lowest BCUT2D eigenvalue weighted by Gasteiger charge is -2.22. The van der Waals surface area contributed by atoms with Crippen LogP contribution < -0.4 is 5.73 Å². The van der Waals surface area contributed by atoms with Gasteiger partial charge in [-0.3, -0.25) is 4.57 Å². The van der Waals surface area contributed by atoms with Gasteiger partial charge in [0.15, 0.2) is 5.65 Å². The molecule has 1 atom stereocenters. The molecule has 1 fully saturated rings. The number of aryl methyl sites for hydroxylation is 1. The van der Waals surface area contributed by atoms with Crippen LogP contribution in [-0.2, 0) is 11.3 Å². The minimum atomic E-state index is 0.331. The molecule has 102 valence electrons. The molecular formula is C13H17ClN4O. The number of aromatic nitrogens is 3. The van der Waals surface area contributed by atoms with E-state index < -0.39 is 0 Å². The van der Waals surface area contributed by atoms with E-state index in [4.69, 9.17) is 22.1 Å². The third-order valence-corrected chi connectivity index (χ3v) is 3.74. The van der Waals surface area contributed by atoms with Crippen LogP contribution in [0.1, 0.15) is 25.7 Å². The van der Waals surface area contributed by atoms with Crippen LogP contribution in [0.25, 0.3) is 11.2 Å². The van der Waals surface area contributed by atoms with Crippen LogP contribution in [0, 0.1) is 0 Å². The van der Waals surface area contributed by atoms with E-state index in [0.717, 1.165) is 37.2 Å². The fraction of sp³-hybridized carbons (Fsp3) is 0.538. The molecule has 0 spiro atoms. The highest BCUT2D eigenvalue weighted by molar-refractivity contribution is 6.31. The number of hydrogen-bond donors (Lipinski definition) is 1. The molecule has 1 saturated heterocycles. The van der Waals surface area contributed by atoms with Gasteiger partial charge in [-0.1, -0.05) is 11.6 Å². The number of nitrogens with zero attached hydrogens (tertiary/aromatic N) is 3. The standard InChI is InChI=1S/C13H17ClN4O/c14-9-7-11-12(16-8-9)18(13(15)17-11)5-4-10-3-1-2-6-19-10/h7-8,10H,1-6H2,(H2,15,17). The summed E-state index contributed by atoms with van der Waals surface area (Å²) in [5.74, 6) is 0.487. The monoisotopic (exact) mass is 280 g/mol. The zero-order chi connectivity index (χ0) is 13.2. The minimum absolute atomic E-state index is 0.331. The van der Waals surface area contributed by atoms with E-state index in [1.165, 1.54) is 12.8 Å². The summed E-state index contributed by atoms with van der Waals surface area (Å²) in [5.41, 5.74) is 7.48. The van der Waals surface area contributed by atoms with Gasteiger partial charge in [0.2, 0.25) is 5.95 Å². The summed E-state index contributed by atoms with van der Waals surface area (Å²) < 4.78 is 7.67. The predicted octanol–water partition coefficient (Wildman–Crippen LogP) is 2.63. The zero-order valence-corrected chi connectivity index (χ0v) is 11.4. The fourth-order valence-corrected chi connectivity index (χ4v) is 2.68. The highest BCUT2D eigenvalue weighted by Crippen LogP contribution is 2.22. The van der Waals surface area contributed by atoms with Gasteiger partial charge in [-0.15, -0.1) is 0 Å². The lowest BCUT2D eigenvalue weighted by atomic mass is 10.1. The van der Waals surface area contributed by atoms with Gasteiger partial charge in [0.05, 0.1) is 11.1 Å². The Morgan fingerprint density at radius 1 is 1.47 bits per heavy atom. The average molecular weight is 281 g/mol. The van der Waals surface area contributed by atoms with E-state index in [9.17, 15) is 0 Å². The number of rotatable bonds is 3. The summed E-state index contributed by atoms with van der Waals surface area (Å²) >= 11 is 5.91. The van der Waals surface area contributed by atoms with E-state index in [1.54, 1.807) is 12.3 Å². The van der Waals surface area contributed by atoms with Gasteiger partial charge in [-0.25, -0.2) is 9.97 Å². The topological polar surface area (TPSA) is 66.0 Å². The molecule has 5 nitrogen and oxygen atoms in total. The number of pyridine rings is 1. The maximum Gasteiger partial charge on any atom is 0.202 e. The summed E-state index contributed by atoms with van der Waals surface area (Å²) in [4.78, 5) is 8.60. The molecule has 0 aromatic carbocycles. The van der Waals surface area contributed by atoms with Gasteiger partial charge in [0.1, 0.15) is 5.52 Å². The molecular weight excluding hydrogens is 264 g/mol. The van der Waals surface area contributed by atoms with Crippen LogP contribution in [0.4, 0.5) is 5.95 Å². The van der Waals surface area contributed by atoms with Crippen molar-refractivity contribution in [3.05, 3.63) is 17.3 Å². The first-order valence-electron chi connectivity index (χ1n) is 6.63. The van der Waals surface area contributed by atoms with Crippen molar-refractivity contribution in [2.75, 3.05) is 12.3 Å². The first-order valence-corrected chi connectivity index (χ1v) is 7.00. The number of ether oxygens (including phenoxy) is 1. The van der Waals surface area contributed by atoms with Crippen LogP contribution in [0.3, 0.4) is 0 Å². The van der Waals surface area contributed by atoms with Crippen LogP contribution in [0.15, 0.2) is 12.3 Å². The van der Waals surface area contributed by atoms with Crippen molar-refractivity contribution in [3.8, 4) is 0 Å². The Balaban J connectivity index is 1.78. The van der Waals surface area contributed by atoms with Gasteiger partial charge in [0.25, 0.3) is 0 Å². The van der Waals surface area contributed by atoms with E-state index in [0.29, 0.717) is 17.1 Å². The van der Waals surface area contributed by atoms with E-state index in [1.807, 2.05) is 4.57 Å². The summed E-state index contributed by atoms with van der Waals surface area (Å²) in [7, 11) is 0. The first-order chi connectivity index (χ1) is 9.24. The highest BCUT2D eigenvalue weighted by Gasteiger charge is 2.16. The molecule has 2 aromatic heterocycles. The number of halogens is 1. The smallest absolute Gasteiger partial charge is 0.202 e. The van der Waals surface area contributed by atoms with Crippen molar-refractivity contribution in [1.82, 2.24) is 14.5 Å². The molecule has 2 aromatic rings. The van der Waals surface area contributed by atoms with Crippen LogP contribution >= 0.6 is 11.6 Å². The first kappa shape index (κ1) is 12.7. The van der Waals surface area contributed by atoms with Gasteiger partial charge in [-0.05, 0) is 31.7 Å². The highest BCUT2D eigenvalue weighted by atomic mass is 35.5. The SMILES string of the molecule is Nc1nc2cc(Cl)cnc2n1CCC1CCCCO1. The Bertz CT molecular complexity index is 577. The van der Waals surface area contributed by atoms with Crippen molar-refractivity contribution in [2.24, 2.45) is 0 Å². The number of imidazole rings is 1. The van der Waals surface area contributed by atoms with Gasteiger partial charge >= 0.3 is 0 Å². The molecule has 1 aliphatic rings. The van der Waals surface area contributed by atoms with Gasteiger partial charge in [-0.2, -0.15) is 0 Å². The summed E-state index contributed by atoms with van der Waals surface area (Å²) in [6, 6.07) is 1.79. The maximum atomic E-state index is 5.95. The molecule has 1 unspecified atom stereocenters. The molecule has 0 aliphatic carbocycles. The number of hydrogen-bond acceptors (Lipinski definition) is 4. The fourth-order valence-electron chi connectivity index (χ4n) is 2.53. The van der Waals surface area contributed by atoms with Crippen LogP contribution in [-0.4, -0.2) is 27.2 Å². The Morgan fingerprint density at radius 3 is 3.16 bits per heavy atom. The van der Waals surface area contributed by atoms with E-state index in [-0.39, 0.29) is 0 Å². The van der Waals surface area contributed by atoms with Crippen molar-refractivity contribution < 1.29 is 4.74 Å². The second kappa shape index (κ2) is 5.35. The van der Waals surface area contributed by atoms with Crippen molar-refractivity contribution in [2.45, 2.75) is 38.3 Å². The lowest BCUT2D eigenvalue weighted by molar-refractivity contribution is 0.00904. The minimum Gasteiger partial charge on any atom is -0.378 e. The molecule has 19 heavy (non-hydrogen) atoms. The van der Waals surface area contributed by atoms with Crippen molar-refractivity contribution in [3.63, 3.8) is 0 Å². The number of nitrogen functional groups attached to an aromatic ring is 1. The Labute approximate surface area is 116 Å². The third-order valence-electron chi connectivity index (χ3n) is 3.53. The van der Waals surface area contributed by atoms with Crippen molar-refractivity contribution in [1.29, 1.82) is 0 Å². The molecule has 3 heterocycles.